The third-order valence-corrected chi connectivity index (χ3v) is 2.91. The molecule has 3 aromatic rings. The van der Waals surface area contributed by atoms with Gasteiger partial charge in [0.15, 0.2) is 11.5 Å². The fraction of sp³-hybridized carbons (Fsp3) is 0.0909. The zero-order valence-electron chi connectivity index (χ0n) is 10.2. The Kier molecular flexibility index (Phi) is 2.13. The van der Waals surface area contributed by atoms with Gasteiger partial charge in [0.05, 0.1) is 11.4 Å². The van der Waals surface area contributed by atoms with Crippen LogP contribution in [0.25, 0.3) is 11.6 Å². The van der Waals surface area contributed by atoms with Crippen molar-refractivity contribution >= 4 is 5.69 Å². The Hall–Kier alpha value is -3.10. The normalized spacial score (nSPS) is 12.8. The predicted octanol–water partition coefficient (Wildman–Crippen LogP) is 0.159. The molecule has 0 radical (unpaired) electrons. The largest absolute Gasteiger partial charge is 0.454 e. The van der Waals surface area contributed by atoms with Crippen LogP contribution in [0.3, 0.4) is 0 Å². The first-order chi connectivity index (χ1) is 9.83. The van der Waals surface area contributed by atoms with Gasteiger partial charge < -0.3 is 15.2 Å². The van der Waals surface area contributed by atoms with Gasteiger partial charge in [0.2, 0.25) is 6.79 Å². The van der Waals surface area contributed by atoms with Crippen LogP contribution >= 0.6 is 0 Å². The minimum absolute atomic E-state index is 0.180. The van der Waals surface area contributed by atoms with Crippen molar-refractivity contribution in [2.75, 3.05) is 12.5 Å². The quantitative estimate of drug-likeness (QED) is 0.661. The van der Waals surface area contributed by atoms with Crippen molar-refractivity contribution in [1.29, 1.82) is 0 Å². The third kappa shape index (κ3) is 1.49. The van der Waals surface area contributed by atoms with Gasteiger partial charge in [-0.05, 0) is 16.5 Å². The molecule has 4 rings (SSSR count). The molecule has 2 aromatic heterocycles. The molecule has 1 aliphatic rings. The van der Waals surface area contributed by atoms with E-state index in [9.17, 15) is 0 Å². The Labute approximate surface area is 112 Å². The van der Waals surface area contributed by atoms with Crippen molar-refractivity contribution in [3.8, 4) is 23.1 Å². The summed E-state index contributed by atoms with van der Waals surface area (Å²) in [5, 5.41) is 15.7. The molecular formula is C11H9N7O2. The Morgan fingerprint density at radius 1 is 1.20 bits per heavy atom. The molecule has 0 aliphatic carbocycles. The first-order valence-corrected chi connectivity index (χ1v) is 5.81. The van der Waals surface area contributed by atoms with Gasteiger partial charge in [-0.1, -0.05) is 5.10 Å². The Morgan fingerprint density at radius 2 is 2.05 bits per heavy atom. The highest BCUT2D eigenvalue weighted by molar-refractivity contribution is 5.66. The summed E-state index contributed by atoms with van der Waals surface area (Å²) < 4.78 is 13.7. The second kappa shape index (κ2) is 3.95. The second-order valence-electron chi connectivity index (χ2n) is 4.11. The number of anilines is 1. The molecule has 0 saturated heterocycles. The van der Waals surface area contributed by atoms with E-state index in [0.717, 1.165) is 0 Å². The molecule has 1 aromatic carbocycles. The standard InChI is InChI=1S/C11H9N7O2/c12-7-4-9-10(20-6-19-9)5-8(7)18-11(14-15-16-18)17-3-1-2-13-17/h1-5H,6,12H2. The van der Waals surface area contributed by atoms with Crippen LogP contribution in [0, 0.1) is 0 Å². The van der Waals surface area contributed by atoms with Crippen molar-refractivity contribution in [2.24, 2.45) is 0 Å². The lowest BCUT2D eigenvalue weighted by molar-refractivity contribution is 0.174. The van der Waals surface area contributed by atoms with Crippen molar-refractivity contribution in [2.45, 2.75) is 0 Å². The number of aromatic nitrogens is 6. The average molecular weight is 271 g/mol. The monoisotopic (exact) mass is 271 g/mol. The van der Waals surface area contributed by atoms with E-state index >= 15 is 0 Å². The van der Waals surface area contributed by atoms with Crippen molar-refractivity contribution in [3.05, 3.63) is 30.6 Å². The number of benzene rings is 1. The molecule has 0 atom stereocenters. The summed E-state index contributed by atoms with van der Waals surface area (Å²) in [6.45, 7) is 0.180. The molecule has 0 fully saturated rings. The Morgan fingerprint density at radius 3 is 2.85 bits per heavy atom. The number of hydrogen-bond acceptors (Lipinski definition) is 7. The maximum atomic E-state index is 6.03. The number of rotatable bonds is 2. The SMILES string of the molecule is Nc1cc2c(cc1-n1nnnc1-n1cccn1)OCO2. The summed E-state index contributed by atoms with van der Waals surface area (Å²) >= 11 is 0. The molecule has 100 valence electrons. The molecule has 0 spiro atoms. The summed E-state index contributed by atoms with van der Waals surface area (Å²) in [6.07, 6.45) is 3.38. The predicted molar refractivity (Wildman–Crippen MR) is 66.8 cm³/mol. The number of nitrogen functional groups attached to an aromatic ring is 1. The van der Waals surface area contributed by atoms with E-state index in [1.807, 2.05) is 0 Å². The molecule has 0 amide bonds. The van der Waals surface area contributed by atoms with Gasteiger partial charge in [-0.25, -0.2) is 4.68 Å². The lowest BCUT2D eigenvalue weighted by Crippen LogP contribution is -2.09. The first-order valence-electron chi connectivity index (χ1n) is 5.81. The summed E-state index contributed by atoms with van der Waals surface area (Å²) in [5.41, 5.74) is 7.11. The van der Waals surface area contributed by atoms with Gasteiger partial charge in [0.1, 0.15) is 0 Å². The minimum atomic E-state index is 0.180. The van der Waals surface area contributed by atoms with Crippen LogP contribution in [0.2, 0.25) is 0 Å². The number of tetrazole rings is 1. The van der Waals surface area contributed by atoms with E-state index in [2.05, 4.69) is 20.6 Å². The fourth-order valence-electron chi connectivity index (χ4n) is 2.00. The highest BCUT2D eigenvalue weighted by Gasteiger charge is 2.20. The zero-order valence-corrected chi connectivity index (χ0v) is 10.2. The Bertz CT molecular complexity index is 765. The van der Waals surface area contributed by atoms with E-state index in [4.69, 9.17) is 15.2 Å². The fourth-order valence-corrected chi connectivity index (χ4v) is 2.00. The number of nitrogens with zero attached hydrogens (tertiary/aromatic N) is 6. The number of nitrogens with two attached hydrogens (primary N) is 1. The van der Waals surface area contributed by atoms with E-state index < -0.39 is 0 Å². The first kappa shape index (κ1) is 10.8. The highest BCUT2D eigenvalue weighted by atomic mass is 16.7. The number of ether oxygens (including phenoxy) is 2. The molecule has 0 unspecified atom stereocenters. The van der Waals surface area contributed by atoms with E-state index in [1.54, 1.807) is 35.3 Å². The van der Waals surface area contributed by atoms with Crippen molar-refractivity contribution in [3.63, 3.8) is 0 Å². The van der Waals surface area contributed by atoms with Gasteiger partial charge in [-0.15, -0.1) is 0 Å². The molecule has 9 nitrogen and oxygen atoms in total. The van der Waals surface area contributed by atoms with Crippen LogP contribution in [-0.2, 0) is 0 Å². The van der Waals surface area contributed by atoms with Crippen molar-refractivity contribution in [1.82, 2.24) is 30.0 Å². The zero-order chi connectivity index (χ0) is 13.5. The maximum absolute atomic E-state index is 6.03. The Balaban J connectivity index is 1.89. The van der Waals surface area contributed by atoms with Gasteiger partial charge in [-0.2, -0.15) is 9.78 Å². The van der Waals surface area contributed by atoms with Gasteiger partial charge >= 0.3 is 0 Å². The third-order valence-electron chi connectivity index (χ3n) is 2.91. The van der Waals surface area contributed by atoms with Crippen LogP contribution < -0.4 is 15.2 Å². The lowest BCUT2D eigenvalue weighted by atomic mass is 10.2. The van der Waals surface area contributed by atoms with E-state index in [1.165, 1.54) is 4.68 Å². The van der Waals surface area contributed by atoms with Gasteiger partial charge in [-0.3, -0.25) is 0 Å². The molecule has 0 saturated carbocycles. The van der Waals surface area contributed by atoms with Crippen LogP contribution in [0.1, 0.15) is 0 Å². The number of fused-ring (bicyclic) bond motifs is 1. The molecule has 2 N–H and O–H groups in total. The summed E-state index contributed by atoms with van der Waals surface area (Å²) in [4.78, 5) is 0. The van der Waals surface area contributed by atoms with E-state index in [-0.39, 0.29) is 6.79 Å². The van der Waals surface area contributed by atoms with Gasteiger partial charge in [0.25, 0.3) is 5.95 Å². The molecule has 1 aliphatic heterocycles. The van der Waals surface area contributed by atoms with Gasteiger partial charge in [0, 0.05) is 24.5 Å². The molecule has 20 heavy (non-hydrogen) atoms. The number of hydrogen-bond donors (Lipinski definition) is 1. The van der Waals surface area contributed by atoms with Crippen molar-refractivity contribution < 1.29 is 9.47 Å². The van der Waals surface area contributed by atoms with Crippen LogP contribution in [0.5, 0.6) is 11.5 Å². The minimum Gasteiger partial charge on any atom is -0.454 e. The van der Waals surface area contributed by atoms with Crippen LogP contribution in [-0.4, -0.2) is 36.8 Å². The maximum Gasteiger partial charge on any atom is 0.275 e. The average Bonchev–Trinajstić information content (AvgIpc) is 3.18. The smallest absolute Gasteiger partial charge is 0.275 e. The lowest BCUT2D eigenvalue weighted by Gasteiger charge is -2.08. The topological polar surface area (TPSA) is 106 Å². The highest BCUT2D eigenvalue weighted by Crippen LogP contribution is 2.37. The summed E-state index contributed by atoms with van der Waals surface area (Å²) in [6, 6.07) is 5.20. The molecular weight excluding hydrogens is 262 g/mol. The molecule has 3 heterocycles. The van der Waals surface area contributed by atoms with Crippen LogP contribution in [0.4, 0.5) is 5.69 Å². The summed E-state index contributed by atoms with van der Waals surface area (Å²) in [7, 11) is 0. The van der Waals surface area contributed by atoms with Crippen LogP contribution in [0.15, 0.2) is 30.6 Å². The second-order valence-corrected chi connectivity index (χ2v) is 4.11. The molecule has 0 bridgehead atoms. The summed E-state index contributed by atoms with van der Waals surface area (Å²) in [5.74, 6) is 1.65. The molecule has 9 heteroatoms. The van der Waals surface area contributed by atoms with E-state index in [0.29, 0.717) is 28.8 Å².